The molecule has 146 valence electrons. The predicted octanol–water partition coefficient (Wildman–Crippen LogP) is 1.64. The van der Waals surface area contributed by atoms with E-state index in [1.165, 1.54) is 29.2 Å². The molecule has 3 rings (SSSR count). The fourth-order valence-corrected chi connectivity index (χ4v) is 3.04. The summed E-state index contributed by atoms with van der Waals surface area (Å²) in [7, 11) is 0. The summed E-state index contributed by atoms with van der Waals surface area (Å²) >= 11 is 0. The van der Waals surface area contributed by atoms with E-state index in [2.05, 4.69) is 0 Å². The lowest BCUT2D eigenvalue weighted by Gasteiger charge is -2.35. The summed E-state index contributed by atoms with van der Waals surface area (Å²) in [4.78, 5) is 37.0. The molecule has 0 bridgehead atoms. The summed E-state index contributed by atoms with van der Waals surface area (Å²) in [6.07, 6.45) is 0.936. The average molecular weight is 385 g/mol. The molecule has 0 radical (unpaired) electrons. The normalized spacial score (nSPS) is 16.4. The van der Waals surface area contributed by atoms with Crippen molar-refractivity contribution >= 4 is 18.5 Å². The molecule has 1 heterocycles. The third kappa shape index (κ3) is 3.81. The Morgan fingerprint density at radius 1 is 1.11 bits per heavy atom. The summed E-state index contributed by atoms with van der Waals surface area (Å²) < 4.78 is 11.1. The quantitative estimate of drug-likeness (QED) is 0.727. The van der Waals surface area contributed by atoms with Crippen molar-refractivity contribution in [1.29, 1.82) is 0 Å². The average Bonchev–Trinajstić information content (AvgIpc) is 2.71. The summed E-state index contributed by atoms with van der Waals surface area (Å²) in [6.45, 7) is 0.825. The van der Waals surface area contributed by atoms with E-state index in [1.807, 2.05) is 0 Å². The number of aromatic hydroxyl groups is 2. The second kappa shape index (κ2) is 8.53. The van der Waals surface area contributed by atoms with E-state index in [0.29, 0.717) is 19.2 Å². The zero-order chi connectivity index (χ0) is 20.1. The molecule has 1 aliphatic rings. The van der Waals surface area contributed by atoms with Gasteiger partial charge < -0.3 is 24.6 Å². The third-order valence-electron chi connectivity index (χ3n) is 4.51. The first kappa shape index (κ1) is 19.4. The molecule has 1 fully saturated rings. The van der Waals surface area contributed by atoms with Crippen LogP contribution in [0.2, 0.25) is 0 Å². The highest BCUT2D eigenvalue weighted by atomic mass is 16.5. The minimum absolute atomic E-state index is 0.0191. The van der Waals surface area contributed by atoms with Crippen LogP contribution in [-0.2, 0) is 4.74 Å². The number of aldehydes is 2. The number of carbonyl (C=O) groups excluding carboxylic acids is 3. The third-order valence-corrected chi connectivity index (χ3v) is 4.51. The van der Waals surface area contributed by atoms with Gasteiger partial charge in [-0.2, -0.15) is 0 Å². The Morgan fingerprint density at radius 3 is 2.50 bits per heavy atom. The lowest BCUT2D eigenvalue weighted by Crippen LogP contribution is -2.51. The highest BCUT2D eigenvalue weighted by Gasteiger charge is 2.30. The van der Waals surface area contributed by atoms with Gasteiger partial charge in [-0.25, -0.2) is 0 Å². The minimum atomic E-state index is -0.482. The predicted molar refractivity (Wildman–Crippen MR) is 98.1 cm³/mol. The van der Waals surface area contributed by atoms with E-state index in [1.54, 1.807) is 12.1 Å². The molecule has 1 aliphatic heterocycles. The topological polar surface area (TPSA) is 113 Å². The zero-order valence-corrected chi connectivity index (χ0v) is 14.9. The van der Waals surface area contributed by atoms with Gasteiger partial charge in [-0.05, 0) is 24.3 Å². The Bertz CT molecular complexity index is 896. The lowest BCUT2D eigenvalue weighted by atomic mass is 10.0. The number of hydrogen-bond donors (Lipinski definition) is 2. The first-order valence-corrected chi connectivity index (χ1v) is 8.62. The maximum atomic E-state index is 13.0. The number of ether oxygens (including phenoxy) is 2. The summed E-state index contributed by atoms with van der Waals surface area (Å²) in [5.41, 5.74) is 0.0380. The number of morpholine rings is 1. The number of carbonyl (C=O) groups is 3. The Labute approximate surface area is 160 Å². The van der Waals surface area contributed by atoms with Gasteiger partial charge in [0.1, 0.15) is 23.9 Å². The van der Waals surface area contributed by atoms with Crippen LogP contribution < -0.4 is 4.74 Å². The molecule has 8 heteroatoms. The fraction of sp³-hybridized carbons (Fsp3) is 0.250. The Morgan fingerprint density at radius 2 is 1.79 bits per heavy atom. The largest absolute Gasteiger partial charge is 0.507 e. The molecule has 1 unspecified atom stereocenters. The van der Waals surface area contributed by atoms with Gasteiger partial charge in [-0.1, -0.05) is 12.1 Å². The van der Waals surface area contributed by atoms with Crippen molar-refractivity contribution < 1.29 is 34.1 Å². The van der Waals surface area contributed by atoms with E-state index in [0.717, 1.165) is 0 Å². The molecule has 1 atom stereocenters. The van der Waals surface area contributed by atoms with Gasteiger partial charge in [0.2, 0.25) is 0 Å². The van der Waals surface area contributed by atoms with Gasteiger partial charge in [0.25, 0.3) is 5.91 Å². The molecule has 0 saturated carbocycles. The van der Waals surface area contributed by atoms with E-state index in [-0.39, 0.29) is 53.7 Å². The standard InChI is InChI=1S/C20H19NO7/c22-9-15-14(3-1-4-17(15)24)20(26)21-7-8-27-11-13(21)12-28-19-6-2-5-18(25)16(19)10-23/h1-6,9-10,13,24-25H,7-8,11-12H2. The van der Waals surface area contributed by atoms with Gasteiger partial charge >= 0.3 is 0 Å². The molecular weight excluding hydrogens is 366 g/mol. The highest BCUT2D eigenvalue weighted by molar-refractivity contribution is 6.03. The van der Waals surface area contributed by atoms with Crippen molar-refractivity contribution in [2.75, 3.05) is 26.4 Å². The van der Waals surface area contributed by atoms with E-state index < -0.39 is 11.9 Å². The number of benzene rings is 2. The number of amides is 1. The molecule has 2 aromatic carbocycles. The number of rotatable bonds is 6. The van der Waals surface area contributed by atoms with Crippen LogP contribution >= 0.6 is 0 Å². The lowest BCUT2D eigenvalue weighted by molar-refractivity contribution is -0.0151. The maximum Gasteiger partial charge on any atom is 0.255 e. The van der Waals surface area contributed by atoms with Crippen molar-refractivity contribution in [3.05, 3.63) is 53.1 Å². The van der Waals surface area contributed by atoms with Crippen LogP contribution in [0.3, 0.4) is 0 Å². The molecular formula is C20H19NO7. The van der Waals surface area contributed by atoms with Gasteiger partial charge in [-0.15, -0.1) is 0 Å². The van der Waals surface area contributed by atoms with Crippen LogP contribution in [0.5, 0.6) is 17.2 Å². The molecule has 0 spiro atoms. The number of hydrogen-bond acceptors (Lipinski definition) is 7. The highest BCUT2D eigenvalue weighted by Crippen LogP contribution is 2.26. The molecule has 1 amide bonds. The van der Waals surface area contributed by atoms with Gasteiger partial charge in [0.15, 0.2) is 12.6 Å². The number of nitrogens with zero attached hydrogens (tertiary/aromatic N) is 1. The first-order valence-electron chi connectivity index (χ1n) is 8.62. The maximum absolute atomic E-state index is 13.0. The first-order chi connectivity index (χ1) is 13.6. The van der Waals surface area contributed by atoms with Crippen LogP contribution in [0.25, 0.3) is 0 Å². The van der Waals surface area contributed by atoms with Crippen LogP contribution in [0.4, 0.5) is 0 Å². The zero-order valence-electron chi connectivity index (χ0n) is 14.9. The molecule has 2 N–H and O–H groups in total. The molecule has 28 heavy (non-hydrogen) atoms. The van der Waals surface area contributed by atoms with Crippen molar-refractivity contribution in [3.63, 3.8) is 0 Å². The van der Waals surface area contributed by atoms with Crippen LogP contribution in [0.1, 0.15) is 31.1 Å². The molecule has 0 aromatic heterocycles. The Balaban J connectivity index is 1.81. The van der Waals surface area contributed by atoms with Crippen LogP contribution in [0, 0.1) is 0 Å². The summed E-state index contributed by atoms with van der Waals surface area (Å²) in [5.74, 6) is -0.701. The molecule has 0 aliphatic carbocycles. The number of phenolic OH excluding ortho intramolecular Hbond substituents is 2. The van der Waals surface area contributed by atoms with Crippen LogP contribution in [-0.4, -0.2) is 66.0 Å². The van der Waals surface area contributed by atoms with Crippen molar-refractivity contribution in [1.82, 2.24) is 4.90 Å². The summed E-state index contributed by atoms with van der Waals surface area (Å²) in [6, 6.07) is 8.27. The van der Waals surface area contributed by atoms with Crippen molar-refractivity contribution in [2.45, 2.75) is 6.04 Å². The second-order valence-electron chi connectivity index (χ2n) is 6.20. The van der Waals surface area contributed by atoms with E-state index in [4.69, 9.17) is 9.47 Å². The van der Waals surface area contributed by atoms with E-state index in [9.17, 15) is 24.6 Å². The fourth-order valence-electron chi connectivity index (χ4n) is 3.04. The molecule has 8 nitrogen and oxygen atoms in total. The summed E-state index contributed by atoms with van der Waals surface area (Å²) in [5, 5.41) is 19.6. The second-order valence-corrected chi connectivity index (χ2v) is 6.20. The van der Waals surface area contributed by atoms with Crippen molar-refractivity contribution in [3.8, 4) is 17.2 Å². The molecule has 2 aromatic rings. The van der Waals surface area contributed by atoms with Gasteiger partial charge in [0.05, 0.1) is 35.9 Å². The minimum Gasteiger partial charge on any atom is -0.507 e. The SMILES string of the molecule is O=Cc1c(O)cccc1OCC1COCCN1C(=O)c1cccc(O)c1C=O. The van der Waals surface area contributed by atoms with Gasteiger partial charge in [0, 0.05) is 6.54 Å². The van der Waals surface area contributed by atoms with Gasteiger partial charge in [-0.3, -0.25) is 14.4 Å². The molecule has 1 saturated heterocycles. The Hall–Kier alpha value is -3.39. The number of phenols is 2. The smallest absolute Gasteiger partial charge is 0.255 e. The Kier molecular flexibility index (Phi) is 5.90. The van der Waals surface area contributed by atoms with Crippen LogP contribution in [0.15, 0.2) is 36.4 Å². The van der Waals surface area contributed by atoms with E-state index >= 15 is 0 Å². The monoisotopic (exact) mass is 385 g/mol. The van der Waals surface area contributed by atoms with Crippen molar-refractivity contribution in [2.24, 2.45) is 0 Å².